The summed E-state index contributed by atoms with van der Waals surface area (Å²) in [5, 5.41) is 7.34. The van der Waals surface area contributed by atoms with Gasteiger partial charge in [0.1, 0.15) is 16.9 Å². The van der Waals surface area contributed by atoms with Crippen molar-refractivity contribution in [2.24, 2.45) is 0 Å². The summed E-state index contributed by atoms with van der Waals surface area (Å²) in [7, 11) is 1.55. The zero-order valence-electron chi connectivity index (χ0n) is 16.5. The molecule has 1 heterocycles. The van der Waals surface area contributed by atoms with Crippen LogP contribution in [0.25, 0.3) is 21.9 Å². The Bertz CT molecular complexity index is 1230. The predicted octanol–water partition coefficient (Wildman–Crippen LogP) is 5.42. The van der Waals surface area contributed by atoms with E-state index in [2.05, 4.69) is 10.6 Å². The molecule has 30 heavy (non-hydrogen) atoms. The van der Waals surface area contributed by atoms with Gasteiger partial charge in [0.2, 0.25) is 0 Å². The maximum absolute atomic E-state index is 12.7. The number of fused-ring (bicyclic) bond motifs is 3. The molecule has 0 fully saturated rings. The van der Waals surface area contributed by atoms with Gasteiger partial charge in [0.15, 0.2) is 0 Å². The summed E-state index contributed by atoms with van der Waals surface area (Å²) in [6.45, 7) is 2.01. The summed E-state index contributed by atoms with van der Waals surface area (Å²) in [6.07, 6.45) is -0.543. The maximum atomic E-state index is 12.7. The fraction of sp³-hybridized carbons (Fsp3) is 0.130. The van der Waals surface area contributed by atoms with E-state index < -0.39 is 6.09 Å². The summed E-state index contributed by atoms with van der Waals surface area (Å²) in [4.78, 5) is 24.2. The number of methoxy groups -OCH3 is 1. The van der Waals surface area contributed by atoms with Crippen LogP contribution in [0.4, 0.5) is 16.2 Å². The molecule has 152 valence electrons. The van der Waals surface area contributed by atoms with Gasteiger partial charge in [0.05, 0.1) is 19.4 Å². The second-order valence-electron chi connectivity index (χ2n) is 6.52. The molecule has 0 atom stereocenters. The second kappa shape index (κ2) is 8.16. The number of carbonyl (C=O) groups is 2. The van der Waals surface area contributed by atoms with Gasteiger partial charge in [-0.2, -0.15) is 0 Å². The predicted molar refractivity (Wildman–Crippen MR) is 115 cm³/mol. The van der Waals surface area contributed by atoms with Crippen molar-refractivity contribution in [3.63, 3.8) is 0 Å². The van der Waals surface area contributed by atoms with Crippen molar-refractivity contribution in [3.8, 4) is 5.75 Å². The van der Waals surface area contributed by atoms with Crippen molar-refractivity contribution in [3.05, 3.63) is 66.2 Å². The van der Waals surface area contributed by atoms with Gasteiger partial charge in [-0.25, -0.2) is 4.79 Å². The first-order chi connectivity index (χ1) is 14.6. The van der Waals surface area contributed by atoms with Crippen LogP contribution in [0.2, 0.25) is 0 Å². The minimum Gasteiger partial charge on any atom is -0.495 e. The third-order valence-corrected chi connectivity index (χ3v) is 4.62. The number of nitrogens with one attached hydrogen (secondary N) is 2. The quantitative estimate of drug-likeness (QED) is 0.464. The highest BCUT2D eigenvalue weighted by molar-refractivity contribution is 6.10. The van der Waals surface area contributed by atoms with Gasteiger partial charge in [-0.05, 0) is 43.3 Å². The SMILES string of the molecule is CCOC(=O)Nc1ccc(C(=O)Nc2cc3oc4ccccc4c3cc2OC)cc1. The van der Waals surface area contributed by atoms with E-state index in [0.29, 0.717) is 28.3 Å². The normalized spacial score (nSPS) is 10.7. The minimum atomic E-state index is -0.543. The van der Waals surface area contributed by atoms with Crippen LogP contribution < -0.4 is 15.4 Å². The zero-order chi connectivity index (χ0) is 21.1. The molecule has 2 N–H and O–H groups in total. The number of carbonyl (C=O) groups excluding carboxylic acids is 2. The highest BCUT2D eigenvalue weighted by atomic mass is 16.5. The number of ether oxygens (including phenoxy) is 2. The van der Waals surface area contributed by atoms with Crippen molar-refractivity contribution in [2.45, 2.75) is 6.92 Å². The molecular weight excluding hydrogens is 384 g/mol. The molecule has 0 bridgehead atoms. The first-order valence-corrected chi connectivity index (χ1v) is 9.43. The number of hydrogen-bond donors (Lipinski definition) is 2. The van der Waals surface area contributed by atoms with Crippen LogP contribution in [0.5, 0.6) is 5.75 Å². The molecule has 7 nitrogen and oxygen atoms in total. The van der Waals surface area contributed by atoms with Gasteiger partial charge < -0.3 is 19.2 Å². The molecule has 0 aliphatic heterocycles. The largest absolute Gasteiger partial charge is 0.495 e. The smallest absolute Gasteiger partial charge is 0.411 e. The number of anilines is 2. The fourth-order valence-corrected chi connectivity index (χ4v) is 3.20. The molecule has 0 aliphatic carbocycles. The molecular formula is C23H20N2O5. The Morgan fingerprint density at radius 3 is 2.43 bits per heavy atom. The summed E-state index contributed by atoms with van der Waals surface area (Å²) < 4.78 is 16.2. The first-order valence-electron chi connectivity index (χ1n) is 9.43. The average Bonchev–Trinajstić information content (AvgIpc) is 3.11. The lowest BCUT2D eigenvalue weighted by Gasteiger charge is -2.11. The maximum Gasteiger partial charge on any atom is 0.411 e. The van der Waals surface area contributed by atoms with Crippen LogP contribution >= 0.6 is 0 Å². The Hall–Kier alpha value is -4.00. The molecule has 4 aromatic rings. The van der Waals surface area contributed by atoms with E-state index in [9.17, 15) is 9.59 Å². The lowest BCUT2D eigenvalue weighted by molar-refractivity contribution is 0.102. The van der Waals surface area contributed by atoms with Crippen molar-refractivity contribution >= 4 is 45.3 Å². The fourth-order valence-electron chi connectivity index (χ4n) is 3.20. The number of hydrogen-bond acceptors (Lipinski definition) is 5. The van der Waals surface area contributed by atoms with E-state index in [4.69, 9.17) is 13.9 Å². The lowest BCUT2D eigenvalue weighted by Crippen LogP contribution is -2.14. The zero-order valence-corrected chi connectivity index (χ0v) is 16.5. The summed E-state index contributed by atoms with van der Waals surface area (Å²) >= 11 is 0. The molecule has 4 rings (SSSR count). The van der Waals surface area contributed by atoms with Crippen LogP contribution in [0.15, 0.2) is 65.1 Å². The Balaban J connectivity index is 1.58. The Morgan fingerprint density at radius 1 is 0.933 bits per heavy atom. The summed E-state index contributed by atoms with van der Waals surface area (Å²) in [5.41, 5.74) is 2.88. The third kappa shape index (κ3) is 3.77. The number of amides is 2. The van der Waals surface area contributed by atoms with E-state index in [1.165, 1.54) is 0 Å². The van der Waals surface area contributed by atoms with Crippen molar-refractivity contribution in [1.29, 1.82) is 0 Å². The topological polar surface area (TPSA) is 89.8 Å². The van der Waals surface area contributed by atoms with Gasteiger partial charge in [-0.3, -0.25) is 10.1 Å². The molecule has 3 aromatic carbocycles. The van der Waals surface area contributed by atoms with Gasteiger partial charge >= 0.3 is 6.09 Å². The highest BCUT2D eigenvalue weighted by Gasteiger charge is 2.15. The standard InChI is InChI=1S/C23H20N2O5/c1-3-29-23(27)24-15-10-8-14(9-11-15)22(26)25-18-13-20-17(12-21(18)28-2)16-6-4-5-7-19(16)30-20/h4-13H,3H2,1-2H3,(H,24,27)(H,25,26). The van der Waals surface area contributed by atoms with Crippen LogP contribution in [0.1, 0.15) is 17.3 Å². The van der Waals surface area contributed by atoms with Gasteiger partial charge in [0, 0.05) is 28.1 Å². The Kier molecular flexibility index (Phi) is 5.26. The van der Waals surface area contributed by atoms with E-state index in [1.807, 2.05) is 30.3 Å². The van der Waals surface area contributed by atoms with Crippen molar-refractivity contribution in [1.82, 2.24) is 0 Å². The minimum absolute atomic E-state index is 0.281. The first kappa shape index (κ1) is 19.3. The molecule has 0 unspecified atom stereocenters. The Morgan fingerprint density at radius 2 is 1.70 bits per heavy atom. The average molecular weight is 404 g/mol. The number of para-hydroxylation sites is 1. The van der Waals surface area contributed by atoms with Gasteiger partial charge in [-0.1, -0.05) is 18.2 Å². The molecule has 7 heteroatoms. The highest BCUT2D eigenvalue weighted by Crippen LogP contribution is 2.36. The molecule has 0 saturated carbocycles. The van der Waals surface area contributed by atoms with Gasteiger partial charge in [-0.15, -0.1) is 0 Å². The molecule has 0 spiro atoms. The van der Waals surface area contributed by atoms with Crippen LogP contribution in [-0.4, -0.2) is 25.7 Å². The van der Waals surface area contributed by atoms with Crippen LogP contribution in [-0.2, 0) is 4.74 Å². The van der Waals surface area contributed by atoms with E-state index >= 15 is 0 Å². The molecule has 2 amide bonds. The molecule has 0 radical (unpaired) electrons. The number of rotatable bonds is 5. The van der Waals surface area contributed by atoms with Crippen molar-refractivity contribution in [2.75, 3.05) is 24.4 Å². The Labute approximate surface area is 172 Å². The monoisotopic (exact) mass is 404 g/mol. The lowest BCUT2D eigenvalue weighted by atomic mass is 10.1. The second-order valence-corrected chi connectivity index (χ2v) is 6.52. The number of furan rings is 1. The summed E-state index contributed by atoms with van der Waals surface area (Å²) in [6, 6.07) is 17.8. The number of benzene rings is 3. The molecule has 0 saturated heterocycles. The van der Waals surface area contributed by atoms with E-state index in [-0.39, 0.29) is 12.5 Å². The van der Waals surface area contributed by atoms with E-state index in [0.717, 1.165) is 16.4 Å². The molecule has 0 aliphatic rings. The van der Waals surface area contributed by atoms with Crippen molar-refractivity contribution < 1.29 is 23.5 Å². The molecule has 1 aromatic heterocycles. The van der Waals surface area contributed by atoms with Crippen LogP contribution in [0.3, 0.4) is 0 Å². The van der Waals surface area contributed by atoms with Crippen LogP contribution in [0, 0.1) is 0 Å². The summed E-state index contributed by atoms with van der Waals surface area (Å²) in [5.74, 6) is 0.217. The van der Waals surface area contributed by atoms with Gasteiger partial charge in [0.25, 0.3) is 5.91 Å². The third-order valence-electron chi connectivity index (χ3n) is 4.62. The van der Waals surface area contributed by atoms with E-state index in [1.54, 1.807) is 44.4 Å².